The lowest BCUT2D eigenvalue weighted by molar-refractivity contribution is 0.110. The summed E-state index contributed by atoms with van der Waals surface area (Å²) in [7, 11) is 4.37. The molecule has 0 saturated carbocycles. The lowest BCUT2D eigenvalue weighted by Crippen LogP contribution is -2.45. The van der Waals surface area contributed by atoms with Crippen LogP contribution in [-0.4, -0.2) is 49.6 Å². The molecule has 2 N–H and O–H groups in total. The van der Waals surface area contributed by atoms with Crippen molar-refractivity contribution < 1.29 is 0 Å². The van der Waals surface area contributed by atoms with Gasteiger partial charge in [0.25, 0.3) is 0 Å². The Morgan fingerprint density at radius 3 is 2.42 bits per heavy atom. The van der Waals surface area contributed by atoms with Crippen molar-refractivity contribution in [1.29, 1.82) is 0 Å². The highest BCUT2D eigenvalue weighted by Gasteiger charge is 2.26. The van der Waals surface area contributed by atoms with Crippen molar-refractivity contribution in [3.63, 3.8) is 0 Å². The second-order valence-electron chi connectivity index (χ2n) is 5.84. The molecule has 0 aliphatic carbocycles. The quantitative estimate of drug-likeness (QED) is 0.900. The summed E-state index contributed by atoms with van der Waals surface area (Å²) in [5.41, 5.74) is 8.80. The van der Waals surface area contributed by atoms with E-state index >= 15 is 0 Å². The molecule has 1 heterocycles. The van der Waals surface area contributed by atoms with Crippen LogP contribution in [0.3, 0.4) is 0 Å². The average Bonchev–Trinajstić information content (AvgIpc) is 2.42. The second-order valence-corrected chi connectivity index (χ2v) is 5.84. The van der Waals surface area contributed by atoms with Gasteiger partial charge in [0.05, 0.1) is 0 Å². The van der Waals surface area contributed by atoms with Crippen LogP contribution >= 0.6 is 0 Å². The molecule has 3 heteroatoms. The number of aryl methyl sites for hydroxylation is 1. The summed E-state index contributed by atoms with van der Waals surface area (Å²) in [6.07, 6.45) is 2.49. The van der Waals surface area contributed by atoms with Crippen molar-refractivity contribution in [3.8, 4) is 0 Å². The van der Waals surface area contributed by atoms with Crippen LogP contribution in [0.2, 0.25) is 0 Å². The Morgan fingerprint density at radius 2 is 1.89 bits per heavy atom. The Balaban J connectivity index is 2.06. The minimum Gasteiger partial charge on any atom is -0.329 e. The van der Waals surface area contributed by atoms with Crippen LogP contribution in [0.1, 0.15) is 30.0 Å². The predicted molar refractivity (Wildman–Crippen MR) is 81.3 cm³/mol. The van der Waals surface area contributed by atoms with Gasteiger partial charge in [-0.2, -0.15) is 0 Å². The van der Waals surface area contributed by atoms with Gasteiger partial charge < -0.3 is 10.6 Å². The lowest BCUT2D eigenvalue weighted by atomic mass is 9.96. The molecule has 0 radical (unpaired) electrons. The van der Waals surface area contributed by atoms with Gasteiger partial charge in [0.2, 0.25) is 0 Å². The van der Waals surface area contributed by atoms with Crippen LogP contribution in [0.5, 0.6) is 0 Å². The molecule has 1 aliphatic rings. The van der Waals surface area contributed by atoms with Gasteiger partial charge in [0.1, 0.15) is 0 Å². The van der Waals surface area contributed by atoms with E-state index in [4.69, 9.17) is 5.73 Å². The summed E-state index contributed by atoms with van der Waals surface area (Å²) in [6, 6.07) is 9.74. The molecule has 0 spiro atoms. The molecule has 3 nitrogen and oxygen atoms in total. The third kappa shape index (κ3) is 3.35. The number of hydrogen-bond acceptors (Lipinski definition) is 3. The van der Waals surface area contributed by atoms with E-state index in [1.165, 1.54) is 24.0 Å². The highest BCUT2D eigenvalue weighted by molar-refractivity contribution is 5.29. The Bertz CT molecular complexity index is 395. The molecule has 1 aromatic carbocycles. The zero-order chi connectivity index (χ0) is 13.8. The predicted octanol–water partition coefficient (Wildman–Crippen LogP) is 2.02. The SMILES string of the molecule is Cc1ccccc1C(CN)N1CCC(N(C)C)CC1. The molecule has 0 bridgehead atoms. The van der Waals surface area contributed by atoms with E-state index in [2.05, 4.69) is 55.1 Å². The van der Waals surface area contributed by atoms with Crippen molar-refractivity contribution in [1.82, 2.24) is 9.80 Å². The van der Waals surface area contributed by atoms with Crippen molar-refractivity contribution in [2.24, 2.45) is 5.73 Å². The summed E-state index contributed by atoms with van der Waals surface area (Å²) in [5, 5.41) is 0. The third-order valence-electron chi connectivity index (χ3n) is 4.44. The van der Waals surface area contributed by atoms with Crippen molar-refractivity contribution >= 4 is 0 Å². The zero-order valence-corrected chi connectivity index (χ0v) is 12.5. The number of rotatable bonds is 4. The number of likely N-dealkylation sites (tertiary alicyclic amines) is 1. The smallest absolute Gasteiger partial charge is 0.0473 e. The minimum atomic E-state index is 0.379. The summed E-state index contributed by atoms with van der Waals surface area (Å²) in [6.45, 7) is 5.19. The molecule has 1 atom stereocenters. The van der Waals surface area contributed by atoms with Gasteiger partial charge in [-0.1, -0.05) is 24.3 Å². The van der Waals surface area contributed by atoms with Crippen molar-refractivity contribution in [3.05, 3.63) is 35.4 Å². The van der Waals surface area contributed by atoms with E-state index in [1.54, 1.807) is 0 Å². The van der Waals surface area contributed by atoms with Gasteiger partial charge in [0.15, 0.2) is 0 Å². The fourth-order valence-electron chi connectivity index (χ4n) is 3.15. The minimum absolute atomic E-state index is 0.379. The summed E-state index contributed by atoms with van der Waals surface area (Å²) < 4.78 is 0. The first kappa shape index (κ1) is 14.5. The topological polar surface area (TPSA) is 32.5 Å². The molecule has 0 amide bonds. The van der Waals surface area contributed by atoms with E-state index in [1.807, 2.05) is 0 Å². The lowest BCUT2D eigenvalue weighted by Gasteiger charge is -2.39. The van der Waals surface area contributed by atoms with Gasteiger partial charge in [-0.3, -0.25) is 4.90 Å². The maximum absolute atomic E-state index is 6.05. The number of benzene rings is 1. The number of nitrogens with two attached hydrogens (primary N) is 1. The fraction of sp³-hybridized carbons (Fsp3) is 0.625. The summed E-state index contributed by atoms with van der Waals surface area (Å²) in [5.74, 6) is 0. The fourth-order valence-corrected chi connectivity index (χ4v) is 3.15. The number of piperidine rings is 1. The monoisotopic (exact) mass is 261 g/mol. The van der Waals surface area contributed by atoms with E-state index in [-0.39, 0.29) is 0 Å². The van der Waals surface area contributed by atoms with Crippen LogP contribution in [0.4, 0.5) is 0 Å². The van der Waals surface area contributed by atoms with Crippen molar-refractivity contribution in [2.45, 2.75) is 31.8 Å². The Labute approximate surface area is 117 Å². The van der Waals surface area contributed by atoms with Crippen molar-refractivity contribution in [2.75, 3.05) is 33.7 Å². The Hall–Kier alpha value is -0.900. The normalized spacial score (nSPS) is 19.8. The van der Waals surface area contributed by atoms with Gasteiger partial charge in [0, 0.05) is 31.7 Å². The molecule has 1 saturated heterocycles. The number of hydrogen-bond donors (Lipinski definition) is 1. The highest BCUT2D eigenvalue weighted by Crippen LogP contribution is 2.26. The first-order chi connectivity index (χ1) is 9.13. The Kier molecular flexibility index (Phi) is 4.97. The van der Waals surface area contributed by atoms with E-state index in [0.29, 0.717) is 12.6 Å². The van der Waals surface area contributed by atoms with Gasteiger partial charge in [-0.25, -0.2) is 0 Å². The average molecular weight is 261 g/mol. The molecule has 1 aromatic rings. The third-order valence-corrected chi connectivity index (χ3v) is 4.44. The van der Waals surface area contributed by atoms with Crippen LogP contribution < -0.4 is 5.73 Å². The molecular formula is C16H27N3. The van der Waals surface area contributed by atoms with Crippen LogP contribution in [0.25, 0.3) is 0 Å². The first-order valence-electron chi connectivity index (χ1n) is 7.29. The van der Waals surface area contributed by atoms with Crippen LogP contribution in [-0.2, 0) is 0 Å². The molecule has 0 aromatic heterocycles. The van der Waals surface area contributed by atoms with E-state index in [0.717, 1.165) is 19.1 Å². The summed E-state index contributed by atoms with van der Waals surface area (Å²) >= 11 is 0. The zero-order valence-electron chi connectivity index (χ0n) is 12.5. The van der Waals surface area contributed by atoms with Gasteiger partial charge in [-0.15, -0.1) is 0 Å². The second kappa shape index (κ2) is 6.51. The molecule has 1 fully saturated rings. The maximum atomic E-state index is 6.05. The summed E-state index contributed by atoms with van der Waals surface area (Å²) in [4.78, 5) is 4.91. The van der Waals surface area contributed by atoms with Crippen LogP contribution in [0, 0.1) is 6.92 Å². The molecule has 19 heavy (non-hydrogen) atoms. The maximum Gasteiger partial charge on any atom is 0.0473 e. The molecule has 2 rings (SSSR count). The van der Waals surface area contributed by atoms with Crippen LogP contribution in [0.15, 0.2) is 24.3 Å². The van der Waals surface area contributed by atoms with Gasteiger partial charge in [-0.05, 0) is 45.0 Å². The molecule has 1 unspecified atom stereocenters. The van der Waals surface area contributed by atoms with E-state index in [9.17, 15) is 0 Å². The first-order valence-corrected chi connectivity index (χ1v) is 7.29. The largest absolute Gasteiger partial charge is 0.329 e. The molecule has 1 aliphatic heterocycles. The Morgan fingerprint density at radius 1 is 1.26 bits per heavy atom. The molecular weight excluding hydrogens is 234 g/mol. The van der Waals surface area contributed by atoms with E-state index < -0.39 is 0 Å². The molecule has 106 valence electrons. The standard InChI is InChI=1S/C16H27N3/c1-13-6-4-5-7-15(13)16(12-17)19-10-8-14(9-11-19)18(2)3/h4-7,14,16H,8-12,17H2,1-3H3. The van der Waals surface area contributed by atoms with Gasteiger partial charge >= 0.3 is 0 Å². The number of nitrogens with zero attached hydrogens (tertiary/aromatic N) is 2. The highest BCUT2D eigenvalue weighted by atomic mass is 15.2.